The topological polar surface area (TPSA) is 94.2 Å². The van der Waals surface area contributed by atoms with Crippen molar-refractivity contribution in [3.05, 3.63) is 58.3 Å². The Hall–Kier alpha value is -3.63. The number of aromatic amines is 1. The van der Waals surface area contributed by atoms with Crippen LogP contribution in [-0.2, 0) is 11.0 Å². The molecule has 0 unspecified atom stereocenters. The van der Waals surface area contributed by atoms with Gasteiger partial charge in [0.2, 0.25) is 5.91 Å². The van der Waals surface area contributed by atoms with Crippen molar-refractivity contribution in [1.82, 2.24) is 19.9 Å². The van der Waals surface area contributed by atoms with Crippen molar-refractivity contribution in [3.8, 4) is 0 Å². The van der Waals surface area contributed by atoms with Crippen LogP contribution in [0.15, 0.2) is 41.3 Å². The van der Waals surface area contributed by atoms with Gasteiger partial charge < -0.3 is 20.1 Å². The third-order valence-electron chi connectivity index (χ3n) is 5.77. The number of benzene rings is 1. The highest BCUT2D eigenvalue weighted by atomic mass is 19.4. The number of para-hydroxylation sites is 1. The fourth-order valence-corrected chi connectivity index (χ4v) is 3.96. The summed E-state index contributed by atoms with van der Waals surface area (Å²) in [6, 6.07) is 7.74. The van der Waals surface area contributed by atoms with E-state index < -0.39 is 11.7 Å². The van der Waals surface area contributed by atoms with Crippen molar-refractivity contribution in [2.24, 2.45) is 0 Å². The number of aryl methyl sites for hydroxylation is 1. The number of H-pyrrole nitrogens is 1. The van der Waals surface area contributed by atoms with Crippen LogP contribution in [0.5, 0.6) is 0 Å². The number of nitrogens with zero attached hydrogens (tertiary/aromatic N) is 4. The summed E-state index contributed by atoms with van der Waals surface area (Å²) in [6.45, 7) is 4.28. The first kappa shape index (κ1) is 23.5. The number of alkyl halides is 3. The first-order chi connectivity index (χ1) is 16.2. The van der Waals surface area contributed by atoms with Crippen molar-refractivity contribution in [3.63, 3.8) is 0 Å². The lowest BCUT2D eigenvalue weighted by molar-refractivity contribution is -0.137. The van der Waals surface area contributed by atoms with Gasteiger partial charge in [-0.05, 0) is 37.6 Å². The standard InChI is InChI=1S/C23H25F3N6O2/c1-15-29-21-17(22(34)30-15)4-2-5-18(21)27-9-3-6-20(33)32-12-10-31(11-13-32)19-8-7-16(14-28-19)23(24,25)26/h2,4-5,7-8,14,27H,3,6,9-13H2,1H3,(H,29,30,34). The Morgan fingerprint density at radius 3 is 2.59 bits per heavy atom. The summed E-state index contributed by atoms with van der Waals surface area (Å²) in [4.78, 5) is 39.3. The van der Waals surface area contributed by atoms with E-state index in [1.54, 1.807) is 24.0 Å². The molecule has 8 nitrogen and oxygen atoms in total. The van der Waals surface area contributed by atoms with Crippen LogP contribution in [0.2, 0.25) is 0 Å². The van der Waals surface area contributed by atoms with E-state index in [1.165, 1.54) is 6.07 Å². The van der Waals surface area contributed by atoms with E-state index in [9.17, 15) is 22.8 Å². The van der Waals surface area contributed by atoms with Gasteiger partial charge in [-0.2, -0.15) is 13.2 Å². The van der Waals surface area contributed by atoms with E-state index in [4.69, 9.17) is 0 Å². The molecular formula is C23H25F3N6O2. The number of piperazine rings is 1. The van der Waals surface area contributed by atoms with Crippen molar-refractivity contribution >= 4 is 28.3 Å². The molecule has 3 aromatic rings. The molecule has 1 saturated heterocycles. The molecule has 0 atom stereocenters. The van der Waals surface area contributed by atoms with E-state index in [-0.39, 0.29) is 11.5 Å². The van der Waals surface area contributed by atoms with Gasteiger partial charge in [-0.15, -0.1) is 0 Å². The molecular weight excluding hydrogens is 449 g/mol. The number of carbonyl (C=O) groups is 1. The van der Waals surface area contributed by atoms with Gasteiger partial charge in [0.1, 0.15) is 17.2 Å². The Kier molecular flexibility index (Phi) is 6.71. The number of amides is 1. The SMILES string of the molecule is Cc1nc2c(NCCCC(=O)N3CCN(c4ccc(C(F)(F)F)cn4)CC3)cccc2c(=O)[nH]1. The van der Waals surface area contributed by atoms with Crippen LogP contribution in [-0.4, -0.2) is 58.5 Å². The number of rotatable bonds is 6. The molecule has 2 N–H and O–H groups in total. The molecule has 11 heteroatoms. The second kappa shape index (κ2) is 9.70. The quantitative estimate of drug-likeness (QED) is 0.533. The maximum atomic E-state index is 12.7. The number of carbonyl (C=O) groups excluding carboxylic acids is 1. The molecule has 34 heavy (non-hydrogen) atoms. The van der Waals surface area contributed by atoms with Crippen LogP contribution in [0, 0.1) is 6.92 Å². The van der Waals surface area contributed by atoms with Gasteiger partial charge >= 0.3 is 6.18 Å². The number of hydrogen-bond acceptors (Lipinski definition) is 6. The minimum absolute atomic E-state index is 0.0326. The highest BCUT2D eigenvalue weighted by Crippen LogP contribution is 2.29. The number of fused-ring (bicyclic) bond motifs is 1. The molecule has 1 amide bonds. The molecule has 1 fully saturated rings. The lowest BCUT2D eigenvalue weighted by atomic mass is 10.2. The second-order valence-electron chi connectivity index (χ2n) is 8.15. The van der Waals surface area contributed by atoms with Gasteiger partial charge in [0.05, 0.1) is 16.6 Å². The predicted molar refractivity (Wildman–Crippen MR) is 123 cm³/mol. The summed E-state index contributed by atoms with van der Waals surface area (Å²) in [5, 5.41) is 3.77. The zero-order valence-electron chi connectivity index (χ0n) is 18.7. The van der Waals surface area contributed by atoms with Crippen molar-refractivity contribution in [1.29, 1.82) is 0 Å². The molecule has 1 aliphatic rings. The molecule has 180 valence electrons. The van der Waals surface area contributed by atoms with Gasteiger partial charge in [0.25, 0.3) is 5.56 Å². The van der Waals surface area contributed by atoms with Gasteiger partial charge in [0, 0.05) is 45.3 Å². The Bertz CT molecular complexity index is 1220. The molecule has 0 bridgehead atoms. The summed E-state index contributed by atoms with van der Waals surface area (Å²) in [7, 11) is 0. The van der Waals surface area contributed by atoms with E-state index in [2.05, 4.69) is 20.3 Å². The van der Waals surface area contributed by atoms with Crippen LogP contribution >= 0.6 is 0 Å². The molecule has 1 aromatic carbocycles. The summed E-state index contributed by atoms with van der Waals surface area (Å²) in [6.07, 6.45) is -2.60. The lowest BCUT2D eigenvalue weighted by Gasteiger charge is -2.35. The van der Waals surface area contributed by atoms with Crippen LogP contribution in [0.4, 0.5) is 24.7 Å². The first-order valence-corrected chi connectivity index (χ1v) is 11.0. The van der Waals surface area contributed by atoms with Crippen LogP contribution in [0.1, 0.15) is 24.2 Å². The largest absolute Gasteiger partial charge is 0.417 e. The minimum atomic E-state index is -4.41. The monoisotopic (exact) mass is 474 g/mol. The number of hydrogen-bond donors (Lipinski definition) is 2. The average molecular weight is 474 g/mol. The number of nitrogens with one attached hydrogen (secondary N) is 2. The van der Waals surface area contributed by atoms with E-state index >= 15 is 0 Å². The van der Waals surface area contributed by atoms with Crippen molar-refractivity contribution < 1.29 is 18.0 Å². The second-order valence-corrected chi connectivity index (χ2v) is 8.15. The van der Waals surface area contributed by atoms with Gasteiger partial charge in [-0.3, -0.25) is 9.59 Å². The summed E-state index contributed by atoms with van der Waals surface area (Å²) in [5.41, 5.74) is 0.381. The lowest BCUT2D eigenvalue weighted by Crippen LogP contribution is -2.49. The van der Waals surface area contributed by atoms with Gasteiger partial charge in [-0.1, -0.05) is 6.07 Å². The summed E-state index contributed by atoms with van der Waals surface area (Å²) < 4.78 is 38.1. The number of aromatic nitrogens is 3. The van der Waals surface area contributed by atoms with Crippen molar-refractivity contribution in [2.45, 2.75) is 25.9 Å². The molecule has 0 radical (unpaired) electrons. The van der Waals surface area contributed by atoms with Crippen LogP contribution in [0.3, 0.4) is 0 Å². The summed E-state index contributed by atoms with van der Waals surface area (Å²) in [5.74, 6) is 1.04. The number of anilines is 2. The molecule has 2 aromatic heterocycles. The molecule has 0 aliphatic carbocycles. The summed E-state index contributed by atoms with van der Waals surface area (Å²) >= 11 is 0. The molecule has 1 aliphatic heterocycles. The van der Waals surface area contributed by atoms with Crippen LogP contribution < -0.4 is 15.8 Å². The zero-order valence-corrected chi connectivity index (χ0v) is 18.7. The highest BCUT2D eigenvalue weighted by Gasteiger charge is 2.31. The Labute approximate surface area is 193 Å². The Balaban J connectivity index is 1.24. The predicted octanol–water partition coefficient (Wildman–Crippen LogP) is 3.19. The molecule has 4 rings (SSSR count). The normalized spacial score (nSPS) is 14.5. The Morgan fingerprint density at radius 2 is 1.91 bits per heavy atom. The number of halogens is 3. The van der Waals surface area contributed by atoms with E-state index in [1.807, 2.05) is 11.0 Å². The van der Waals surface area contributed by atoms with E-state index in [0.717, 1.165) is 18.0 Å². The first-order valence-electron chi connectivity index (χ1n) is 11.0. The molecule has 0 saturated carbocycles. The molecule has 0 spiro atoms. The maximum absolute atomic E-state index is 12.7. The molecule has 3 heterocycles. The fourth-order valence-electron chi connectivity index (χ4n) is 3.96. The van der Waals surface area contributed by atoms with Gasteiger partial charge in [0.15, 0.2) is 0 Å². The average Bonchev–Trinajstić information content (AvgIpc) is 2.81. The minimum Gasteiger partial charge on any atom is -0.383 e. The Morgan fingerprint density at radius 1 is 1.15 bits per heavy atom. The third-order valence-corrected chi connectivity index (χ3v) is 5.77. The van der Waals surface area contributed by atoms with E-state index in [0.29, 0.717) is 68.1 Å². The fraction of sp³-hybridized carbons (Fsp3) is 0.391. The highest BCUT2D eigenvalue weighted by molar-refractivity contribution is 5.89. The van der Waals surface area contributed by atoms with Crippen molar-refractivity contribution in [2.75, 3.05) is 42.9 Å². The third kappa shape index (κ3) is 5.29. The smallest absolute Gasteiger partial charge is 0.383 e. The van der Waals surface area contributed by atoms with Gasteiger partial charge in [-0.25, -0.2) is 9.97 Å². The van der Waals surface area contributed by atoms with Crippen LogP contribution in [0.25, 0.3) is 10.9 Å². The maximum Gasteiger partial charge on any atom is 0.417 e. The number of pyridine rings is 1. The zero-order chi connectivity index (χ0) is 24.3.